The summed E-state index contributed by atoms with van der Waals surface area (Å²) in [5, 5.41) is 25.3. The molecule has 3 N–H and O–H groups in total. The molecule has 0 aliphatic heterocycles. The second kappa shape index (κ2) is 5.09. The number of aliphatic hydroxyl groups is 2. The van der Waals surface area contributed by atoms with Crippen LogP contribution in [-0.4, -0.2) is 45.3 Å². The highest BCUT2D eigenvalue weighted by Crippen LogP contribution is 1.97. The van der Waals surface area contributed by atoms with Crippen LogP contribution < -0.4 is 5.32 Å². The number of hydrogen-bond acceptors (Lipinski definition) is 4. The van der Waals surface area contributed by atoms with Gasteiger partial charge in [-0.15, -0.1) is 0 Å². The zero-order chi connectivity index (χ0) is 10.4. The van der Waals surface area contributed by atoms with Crippen LogP contribution >= 0.6 is 0 Å². The fraction of sp³-hybridized carbons (Fsp3) is 0.667. The van der Waals surface area contributed by atoms with Crippen molar-refractivity contribution in [1.29, 1.82) is 0 Å². The first-order valence-corrected chi connectivity index (χ1v) is 4.65. The smallest absolute Gasteiger partial charge is 0.0972 e. The van der Waals surface area contributed by atoms with Crippen LogP contribution in [0, 0.1) is 0 Å². The van der Waals surface area contributed by atoms with Gasteiger partial charge in [0.15, 0.2) is 0 Å². The van der Waals surface area contributed by atoms with Crippen molar-refractivity contribution in [2.75, 3.05) is 19.7 Å². The van der Waals surface area contributed by atoms with E-state index in [4.69, 9.17) is 5.11 Å². The lowest BCUT2D eigenvalue weighted by Crippen LogP contribution is -2.41. The van der Waals surface area contributed by atoms with Crippen LogP contribution in [0.4, 0.5) is 0 Å². The summed E-state index contributed by atoms with van der Waals surface area (Å²) in [5.74, 6) is 0. The van der Waals surface area contributed by atoms with E-state index < -0.39 is 5.60 Å². The Morgan fingerprint density at radius 3 is 2.93 bits per heavy atom. The second-order valence-corrected chi connectivity index (χ2v) is 3.60. The molecule has 14 heavy (non-hydrogen) atoms. The standard InChI is InChI=1S/C9H17N3O2/c1-9(14,8-13)7-10-4-6-12-5-2-3-11-12/h2-3,5,10,13-14H,4,6-8H2,1H3. The molecule has 0 amide bonds. The molecule has 1 aromatic heterocycles. The molecule has 0 fully saturated rings. The number of rotatable bonds is 6. The van der Waals surface area contributed by atoms with Crippen molar-refractivity contribution in [3.8, 4) is 0 Å². The van der Waals surface area contributed by atoms with Crippen molar-refractivity contribution in [3.05, 3.63) is 18.5 Å². The maximum Gasteiger partial charge on any atom is 0.0972 e. The maximum atomic E-state index is 9.45. The Labute approximate surface area is 83.4 Å². The molecular weight excluding hydrogens is 182 g/mol. The summed E-state index contributed by atoms with van der Waals surface area (Å²) in [6.07, 6.45) is 3.61. The molecule has 0 aromatic carbocycles. The second-order valence-electron chi connectivity index (χ2n) is 3.60. The molecule has 5 nitrogen and oxygen atoms in total. The third kappa shape index (κ3) is 3.87. The Morgan fingerprint density at radius 2 is 2.36 bits per heavy atom. The van der Waals surface area contributed by atoms with E-state index in [0.29, 0.717) is 6.54 Å². The molecule has 80 valence electrons. The van der Waals surface area contributed by atoms with E-state index in [-0.39, 0.29) is 6.61 Å². The summed E-state index contributed by atoms with van der Waals surface area (Å²) in [7, 11) is 0. The quantitative estimate of drug-likeness (QED) is 0.525. The van der Waals surface area contributed by atoms with Gasteiger partial charge in [-0.1, -0.05) is 0 Å². The van der Waals surface area contributed by atoms with Crippen molar-refractivity contribution in [1.82, 2.24) is 15.1 Å². The summed E-state index contributed by atoms with van der Waals surface area (Å²) in [4.78, 5) is 0. The summed E-state index contributed by atoms with van der Waals surface area (Å²) >= 11 is 0. The van der Waals surface area contributed by atoms with E-state index in [9.17, 15) is 5.11 Å². The molecule has 1 unspecified atom stereocenters. The summed E-state index contributed by atoms with van der Waals surface area (Å²) < 4.78 is 1.81. The van der Waals surface area contributed by atoms with E-state index in [0.717, 1.165) is 13.1 Å². The molecule has 0 aliphatic rings. The van der Waals surface area contributed by atoms with E-state index in [1.54, 1.807) is 17.8 Å². The predicted molar refractivity (Wildman–Crippen MR) is 52.8 cm³/mol. The third-order valence-corrected chi connectivity index (χ3v) is 1.92. The summed E-state index contributed by atoms with van der Waals surface area (Å²) in [5.41, 5.74) is -1.04. The Balaban J connectivity index is 2.11. The van der Waals surface area contributed by atoms with Gasteiger partial charge in [-0.25, -0.2) is 0 Å². The fourth-order valence-corrected chi connectivity index (χ4v) is 1.04. The summed E-state index contributed by atoms with van der Waals surface area (Å²) in [6, 6.07) is 1.86. The molecule has 0 saturated heterocycles. The normalized spacial score (nSPS) is 15.4. The first kappa shape index (κ1) is 11.2. The van der Waals surface area contributed by atoms with Gasteiger partial charge < -0.3 is 15.5 Å². The first-order valence-electron chi connectivity index (χ1n) is 4.65. The molecule has 1 rings (SSSR count). The van der Waals surface area contributed by atoms with Crippen molar-refractivity contribution >= 4 is 0 Å². The lowest BCUT2D eigenvalue weighted by Gasteiger charge is -2.20. The van der Waals surface area contributed by atoms with Gasteiger partial charge in [0.25, 0.3) is 0 Å². The average Bonchev–Trinajstić information content (AvgIpc) is 2.65. The fourth-order valence-electron chi connectivity index (χ4n) is 1.04. The van der Waals surface area contributed by atoms with E-state index >= 15 is 0 Å². The first-order chi connectivity index (χ1) is 6.64. The Bertz CT molecular complexity index is 247. The van der Waals surface area contributed by atoms with Crippen LogP contribution in [0.15, 0.2) is 18.5 Å². The highest BCUT2D eigenvalue weighted by Gasteiger charge is 2.17. The number of hydrogen-bond donors (Lipinski definition) is 3. The van der Waals surface area contributed by atoms with Gasteiger partial charge in [0.05, 0.1) is 18.8 Å². The van der Waals surface area contributed by atoms with E-state index in [1.807, 2.05) is 12.3 Å². The van der Waals surface area contributed by atoms with Crippen molar-refractivity contribution in [2.24, 2.45) is 0 Å². The summed E-state index contributed by atoms with van der Waals surface area (Å²) in [6.45, 7) is 3.22. The van der Waals surface area contributed by atoms with E-state index in [1.165, 1.54) is 0 Å². The van der Waals surface area contributed by atoms with Gasteiger partial charge in [0.1, 0.15) is 0 Å². The van der Waals surface area contributed by atoms with Crippen LogP contribution in [0.5, 0.6) is 0 Å². The molecule has 0 bridgehead atoms. The minimum Gasteiger partial charge on any atom is -0.393 e. The topological polar surface area (TPSA) is 70.3 Å². The lowest BCUT2D eigenvalue weighted by atomic mass is 10.1. The Morgan fingerprint density at radius 1 is 1.57 bits per heavy atom. The van der Waals surface area contributed by atoms with Crippen LogP contribution in [-0.2, 0) is 6.54 Å². The molecule has 0 aliphatic carbocycles. The van der Waals surface area contributed by atoms with Crippen LogP contribution in [0.3, 0.4) is 0 Å². The minimum atomic E-state index is -1.04. The van der Waals surface area contributed by atoms with Crippen molar-refractivity contribution in [2.45, 2.75) is 19.1 Å². The van der Waals surface area contributed by atoms with Gasteiger partial charge in [0.2, 0.25) is 0 Å². The van der Waals surface area contributed by atoms with Gasteiger partial charge >= 0.3 is 0 Å². The zero-order valence-electron chi connectivity index (χ0n) is 8.35. The third-order valence-electron chi connectivity index (χ3n) is 1.92. The molecule has 5 heteroatoms. The number of aliphatic hydroxyl groups excluding tert-OH is 1. The van der Waals surface area contributed by atoms with Gasteiger partial charge in [-0.3, -0.25) is 4.68 Å². The molecule has 1 atom stereocenters. The average molecular weight is 199 g/mol. The molecule has 0 saturated carbocycles. The molecular formula is C9H17N3O2. The number of nitrogens with zero attached hydrogens (tertiary/aromatic N) is 2. The Kier molecular flexibility index (Phi) is 4.06. The molecule has 1 heterocycles. The number of aromatic nitrogens is 2. The Hall–Kier alpha value is -0.910. The number of nitrogens with one attached hydrogen (secondary N) is 1. The monoisotopic (exact) mass is 199 g/mol. The van der Waals surface area contributed by atoms with Gasteiger partial charge in [-0.2, -0.15) is 5.10 Å². The maximum absolute atomic E-state index is 9.45. The molecule has 0 radical (unpaired) electrons. The van der Waals surface area contributed by atoms with Crippen LogP contribution in [0.2, 0.25) is 0 Å². The highest BCUT2D eigenvalue weighted by molar-refractivity contribution is 4.78. The SMILES string of the molecule is CC(O)(CO)CNCCn1cccn1. The van der Waals surface area contributed by atoms with Gasteiger partial charge in [0, 0.05) is 25.5 Å². The predicted octanol–water partition coefficient (Wildman–Crippen LogP) is -0.784. The largest absolute Gasteiger partial charge is 0.393 e. The minimum absolute atomic E-state index is 0.234. The van der Waals surface area contributed by atoms with Crippen molar-refractivity contribution < 1.29 is 10.2 Å². The molecule has 1 aromatic rings. The van der Waals surface area contributed by atoms with E-state index in [2.05, 4.69) is 10.4 Å². The highest BCUT2D eigenvalue weighted by atomic mass is 16.3. The lowest BCUT2D eigenvalue weighted by molar-refractivity contribution is 0.00275. The molecule has 0 spiro atoms. The van der Waals surface area contributed by atoms with Crippen LogP contribution in [0.1, 0.15) is 6.92 Å². The van der Waals surface area contributed by atoms with Gasteiger partial charge in [-0.05, 0) is 13.0 Å². The van der Waals surface area contributed by atoms with Crippen molar-refractivity contribution in [3.63, 3.8) is 0 Å². The zero-order valence-corrected chi connectivity index (χ0v) is 8.35. The van der Waals surface area contributed by atoms with Crippen LogP contribution in [0.25, 0.3) is 0 Å².